The summed E-state index contributed by atoms with van der Waals surface area (Å²) in [6.45, 7) is 0.952. The number of ether oxygens (including phenoxy) is 2. The van der Waals surface area contributed by atoms with Gasteiger partial charge in [-0.1, -0.05) is 12.1 Å². The second kappa shape index (κ2) is 6.88. The maximum atomic E-state index is 11.0. The minimum atomic E-state index is -0.950. The minimum Gasteiger partial charge on any atom is -0.478 e. The van der Waals surface area contributed by atoms with Crippen LogP contribution in [0.2, 0.25) is 0 Å². The normalized spacial score (nSPS) is 12.1. The molecule has 17 heavy (non-hydrogen) atoms. The second-order valence-corrected chi connectivity index (χ2v) is 3.54. The van der Waals surface area contributed by atoms with Crippen LogP contribution in [0.3, 0.4) is 0 Å². The van der Waals surface area contributed by atoms with E-state index in [2.05, 4.69) is 5.32 Å². The van der Waals surface area contributed by atoms with Crippen LogP contribution in [0.4, 0.5) is 5.69 Å². The third kappa shape index (κ3) is 4.05. The number of carbonyl (C=O) groups is 1. The third-order valence-electron chi connectivity index (χ3n) is 2.36. The standard InChI is InChI=1S/C12H17NO4/c1-16-8-9(17-2)7-13-11-6-4-3-5-10(11)12(14)15/h3-6,9,13H,7-8H2,1-2H3,(H,14,15). The van der Waals surface area contributed by atoms with Crippen molar-refractivity contribution in [2.45, 2.75) is 6.10 Å². The molecule has 0 radical (unpaired) electrons. The van der Waals surface area contributed by atoms with E-state index in [9.17, 15) is 4.79 Å². The highest BCUT2D eigenvalue weighted by Crippen LogP contribution is 2.14. The van der Waals surface area contributed by atoms with Gasteiger partial charge in [0.2, 0.25) is 0 Å². The Bertz CT molecular complexity index is 367. The maximum absolute atomic E-state index is 11.0. The SMILES string of the molecule is COCC(CNc1ccccc1C(=O)O)OC. The molecule has 0 aliphatic rings. The van der Waals surface area contributed by atoms with E-state index in [4.69, 9.17) is 14.6 Å². The topological polar surface area (TPSA) is 67.8 Å². The van der Waals surface area contributed by atoms with Crippen LogP contribution in [-0.2, 0) is 9.47 Å². The number of rotatable bonds is 7. The Labute approximate surface area is 100 Å². The summed E-state index contributed by atoms with van der Waals surface area (Å²) in [4.78, 5) is 11.0. The Kier molecular flexibility index (Phi) is 5.45. The van der Waals surface area contributed by atoms with Crippen molar-refractivity contribution in [3.8, 4) is 0 Å². The van der Waals surface area contributed by atoms with Crippen molar-refractivity contribution in [2.75, 3.05) is 32.7 Å². The number of para-hydroxylation sites is 1. The van der Waals surface area contributed by atoms with Gasteiger partial charge in [0.15, 0.2) is 0 Å². The number of methoxy groups -OCH3 is 2. The van der Waals surface area contributed by atoms with Crippen LogP contribution in [0.25, 0.3) is 0 Å². The molecule has 0 spiro atoms. The molecule has 0 saturated heterocycles. The van der Waals surface area contributed by atoms with Crippen molar-refractivity contribution < 1.29 is 19.4 Å². The van der Waals surface area contributed by atoms with Gasteiger partial charge in [0.1, 0.15) is 0 Å². The number of carboxylic acid groups (broad SMARTS) is 1. The Morgan fingerprint density at radius 2 is 2.12 bits per heavy atom. The fourth-order valence-electron chi connectivity index (χ4n) is 1.44. The van der Waals surface area contributed by atoms with Gasteiger partial charge in [0.25, 0.3) is 0 Å². The van der Waals surface area contributed by atoms with E-state index in [1.54, 1.807) is 38.5 Å². The van der Waals surface area contributed by atoms with Crippen molar-refractivity contribution in [2.24, 2.45) is 0 Å². The van der Waals surface area contributed by atoms with Gasteiger partial charge in [-0.25, -0.2) is 4.79 Å². The molecule has 5 nitrogen and oxygen atoms in total. The molecule has 1 atom stereocenters. The molecule has 0 fully saturated rings. The zero-order chi connectivity index (χ0) is 12.7. The van der Waals surface area contributed by atoms with Crippen LogP contribution in [-0.4, -0.2) is 44.6 Å². The number of aromatic carboxylic acids is 1. The lowest BCUT2D eigenvalue weighted by atomic mass is 10.2. The van der Waals surface area contributed by atoms with Gasteiger partial charge in [0, 0.05) is 26.5 Å². The Hall–Kier alpha value is -1.59. The van der Waals surface area contributed by atoms with E-state index in [1.165, 1.54) is 0 Å². The summed E-state index contributed by atoms with van der Waals surface area (Å²) in [5.74, 6) is -0.950. The van der Waals surface area contributed by atoms with E-state index < -0.39 is 5.97 Å². The van der Waals surface area contributed by atoms with Crippen LogP contribution < -0.4 is 5.32 Å². The number of benzene rings is 1. The quantitative estimate of drug-likeness (QED) is 0.754. The van der Waals surface area contributed by atoms with Crippen molar-refractivity contribution in [3.63, 3.8) is 0 Å². The summed E-state index contributed by atoms with van der Waals surface area (Å²) >= 11 is 0. The summed E-state index contributed by atoms with van der Waals surface area (Å²) in [6.07, 6.45) is -0.109. The molecule has 1 rings (SSSR count). The van der Waals surface area contributed by atoms with E-state index in [1.807, 2.05) is 0 Å². The molecule has 0 bridgehead atoms. The van der Waals surface area contributed by atoms with Gasteiger partial charge >= 0.3 is 5.97 Å². The molecule has 0 aliphatic carbocycles. The van der Waals surface area contributed by atoms with E-state index in [0.717, 1.165) is 0 Å². The first-order valence-corrected chi connectivity index (χ1v) is 5.27. The predicted molar refractivity (Wildman–Crippen MR) is 64.6 cm³/mol. The molecular formula is C12H17NO4. The second-order valence-electron chi connectivity index (χ2n) is 3.54. The Morgan fingerprint density at radius 3 is 2.71 bits per heavy atom. The summed E-state index contributed by atoms with van der Waals surface area (Å²) < 4.78 is 10.2. The predicted octanol–water partition coefficient (Wildman–Crippen LogP) is 1.46. The molecule has 0 amide bonds. The molecule has 0 saturated carbocycles. The summed E-state index contributed by atoms with van der Waals surface area (Å²) in [5.41, 5.74) is 0.831. The van der Waals surface area contributed by atoms with E-state index in [0.29, 0.717) is 18.8 Å². The van der Waals surface area contributed by atoms with Crippen molar-refractivity contribution in [1.82, 2.24) is 0 Å². The van der Waals surface area contributed by atoms with Crippen LogP contribution in [0.1, 0.15) is 10.4 Å². The maximum Gasteiger partial charge on any atom is 0.337 e. The molecular weight excluding hydrogens is 222 g/mol. The highest BCUT2D eigenvalue weighted by molar-refractivity contribution is 5.94. The zero-order valence-electron chi connectivity index (χ0n) is 9.97. The van der Waals surface area contributed by atoms with Crippen LogP contribution >= 0.6 is 0 Å². The van der Waals surface area contributed by atoms with Crippen molar-refractivity contribution in [1.29, 1.82) is 0 Å². The highest BCUT2D eigenvalue weighted by Gasteiger charge is 2.11. The first kappa shape index (κ1) is 13.5. The number of nitrogens with one attached hydrogen (secondary N) is 1. The zero-order valence-corrected chi connectivity index (χ0v) is 9.97. The molecule has 2 N–H and O–H groups in total. The molecule has 0 aromatic heterocycles. The van der Waals surface area contributed by atoms with Gasteiger partial charge in [-0.3, -0.25) is 0 Å². The van der Waals surface area contributed by atoms with Gasteiger partial charge in [0.05, 0.1) is 18.3 Å². The molecule has 0 aliphatic heterocycles. The molecule has 1 aromatic carbocycles. The van der Waals surface area contributed by atoms with E-state index >= 15 is 0 Å². The van der Waals surface area contributed by atoms with Crippen LogP contribution in [0.15, 0.2) is 24.3 Å². The summed E-state index contributed by atoms with van der Waals surface area (Å²) in [7, 11) is 3.19. The molecule has 5 heteroatoms. The monoisotopic (exact) mass is 239 g/mol. The molecule has 1 aromatic rings. The number of hydrogen-bond acceptors (Lipinski definition) is 4. The fourth-order valence-corrected chi connectivity index (χ4v) is 1.44. The van der Waals surface area contributed by atoms with E-state index in [-0.39, 0.29) is 11.7 Å². The summed E-state index contributed by atoms with van der Waals surface area (Å²) in [6, 6.07) is 6.76. The molecule has 94 valence electrons. The lowest BCUT2D eigenvalue weighted by Gasteiger charge is -2.16. The molecule has 0 heterocycles. The number of hydrogen-bond donors (Lipinski definition) is 2. The lowest BCUT2D eigenvalue weighted by Crippen LogP contribution is -2.27. The third-order valence-corrected chi connectivity index (χ3v) is 2.36. The number of carboxylic acids is 1. The van der Waals surface area contributed by atoms with Crippen molar-refractivity contribution in [3.05, 3.63) is 29.8 Å². The average molecular weight is 239 g/mol. The van der Waals surface area contributed by atoms with Gasteiger partial charge in [-0.2, -0.15) is 0 Å². The largest absolute Gasteiger partial charge is 0.478 e. The smallest absolute Gasteiger partial charge is 0.337 e. The van der Waals surface area contributed by atoms with Gasteiger partial charge in [-0.05, 0) is 12.1 Å². The first-order chi connectivity index (χ1) is 8.19. The molecule has 1 unspecified atom stereocenters. The lowest BCUT2D eigenvalue weighted by molar-refractivity contribution is 0.0365. The highest BCUT2D eigenvalue weighted by atomic mass is 16.5. The minimum absolute atomic E-state index is 0.109. The Morgan fingerprint density at radius 1 is 1.41 bits per heavy atom. The fraction of sp³-hybridized carbons (Fsp3) is 0.417. The first-order valence-electron chi connectivity index (χ1n) is 5.27. The Balaban J connectivity index is 2.65. The average Bonchev–Trinajstić information content (AvgIpc) is 2.34. The van der Waals surface area contributed by atoms with Crippen LogP contribution in [0, 0.1) is 0 Å². The van der Waals surface area contributed by atoms with Crippen LogP contribution in [0.5, 0.6) is 0 Å². The van der Waals surface area contributed by atoms with Crippen molar-refractivity contribution >= 4 is 11.7 Å². The number of anilines is 1. The summed E-state index contributed by atoms with van der Waals surface area (Å²) in [5, 5.41) is 12.0. The van der Waals surface area contributed by atoms with Gasteiger partial charge < -0.3 is 19.9 Å². The van der Waals surface area contributed by atoms with Gasteiger partial charge in [-0.15, -0.1) is 0 Å².